The Balaban J connectivity index is 0.00000300. The first-order valence-corrected chi connectivity index (χ1v) is 10.3. The number of rotatable bonds is 8. The van der Waals surface area contributed by atoms with E-state index >= 15 is 0 Å². The quantitative estimate of drug-likeness (QED) is 0.238. The monoisotopic (exact) mass is 519 g/mol. The minimum atomic E-state index is 0. The molecule has 1 saturated heterocycles. The molecule has 0 radical (unpaired) electrons. The summed E-state index contributed by atoms with van der Waals surface area (Å²) in [5, 5.41) is 6.67. The largest absolute Gasteiger partial charge is 0.490 e. The lowest BCUT2D eigenvalue weighted by atomic mass is 10.0. The first kappa shape index (κ1) is 24.0. The molecule has 0 saturated carbocycles. The van der Waals surface area contributed by atoms with Crippen LogP contribution in [0.2, 0.25) is 0 Å². The number of nitrogens with one attached hydrogen (secondary N) is 2. The van der Waals surface area contributed by atoms with Crippen LogP contribution >= 0.6 is 24.0 Å². The van der Waals surface area contributed by atoms with Crippen LogP contribution in [0.3, 0.4) is 0 Å². The molecule has 164 valence electrons. The van der Waals surface area contributed by atoms with Gasteiger partial charge >= 0.3 is 0 Å². The van der Waals surface area contributed by atoms with Gasteiger partial charge in [-0.05, 0) is 42.9 Å². The lowest BCUT2D eigenvalue weighted by molar-refractivity contribution is 0.0203. The molecular weight excluding hydrogens is 485 g/mol. The van der Waals surface area contributed by atoms with Crippen molar-refractivity contribution in [1.82, 2.24) is 10.6 Å². The minimum absolute atomic E-state index is 0. The first-order chi connectivity index (χ1) is 13.8. The van der Waals surface area contributed by atoms with Crippen molar-refractivity contribution in [2.75, 3.05) is 53.2 Å². The predicted molar refractivity (Wildman–Crippen MR) is 125 cm³/mol. The zero-order valence-corrected chi connectivity index (χ0v) is 19.6. The van der Waals surface area contributed by atoms with E-state index < -0.39 is 0 Å². The van der Waals surface area contributed by atoms with Crippen molar-refractivity contribution in [3.05, 3.63) is 23.8 Å². The Bertz CT molecular complexity index is 624. The number of hydrogen-bond donors (Lipinski definition) is 2. The van der Waals surface area contributed by atoms with Crippen molar-refractivity contribution in [1.29, 1.82) is 0 Å². The summed E-state index contributed by atoms with van der Waals surface area (Å²) >= 11 is 0. The van der Waals surface area contributed by atoms with E-state index in [1.165, 1.54) is 0 Å². The second-order valence-corrected chi connectivity index (χ2v) is 7.17. The van der Waals surface area contributed by atoms with Crippen LogP contribution in [-0.4, -0.2) is 59.2 Å². The van der Waals surface area contributed by atoms with Gasteiger partial charge in [-0.15, -0.1) is 24.0 Å². The van der Waals surface area contributed by atoms with Crippen LogP contribution in [0.25, 0.3) is 0 Å². The van der Waals surface area contributed by atoms with Gasteiger partial charge in [0.2, 0.25) is 0 Å². The molecule has 3 rings (SSSR count). The van der Waals surface area contributed by atoms with E-state index in [1.54, 1.807) is 7.05 Å². The molecule has 8 heteroatoms. The highest BCUT2D eigenvalue weighted by Crippen LogP contribution is 2.30. The lowest BCUT2D eigenvalue weighted by Gasteiger charge is -2.21. The molecule has 0 amide bonds. The molecule has 0 aliphatic carbocycles. The number of fused-ring (bicyclic) bond motifs is 1. The Hall–Kier alpha value is -1.26. The normalized spacial score (nSPS) is 17.2. The summed E-state index contributed by atoms with van der Waals surface area (Å²) in [6, 6.07) is 6.06. The van der Waals surface area contributed by atoms with Crippen LogP contribution in [0.15, 0.2) is 23.2 Å². The van der Waals surface area contributed by atoms with Crippen molar-refractivity contribution in [3.8, 4) is 11.5 Å². The average molecular weight is 519 g/mol. The number of aliphatic imine (C=N–C) groups is 1. The van der Waals surface area contributed by atoms with Crippen molar-refractivity contribution in [3.63, 3.8) is 0 Å². The van der Waals surface area contributed by atoms with E-state index in [2.05, 4.69) is 21.7 Å². The Morgan fingerprint density at radius 1 is 1.10 bits per heavy atom. The van der Waals surface area contributed by atoms with Crippen LogP contribution in [0.1, 0.15) is 31.2 Å². The second-order valence-electron chi connectivity index (χ2n) is 7.17. The second kappa shape index (κ2) is 13.9. The van der Waals surface area contributed by atoms with Crippen LogP contribution in [0, 0.1) is 5.92 Å². The van der Waals surface area contributed by atoms with E-state index in [0.717, 1.165) is 81.7 Å². The fourth-order valence-electron chi connectivity index (χ4n) is 3.27. The molecule has 1 aromatic carbocycles. The van der Waals surface area contributed by atoms with Gasteiger partial charge in [-0.1, -0.05) is 6.07 Å². The molecule has 2 aliphatic rings. The lowest BCUT2D eigenvalue weighted by Crippen LogP contribution is -2.37. The van der Waals surface area contributed by atoms with E-state index in [1.807, 2.05) is 12.1 Å². The van der Waals surface area contributed by atoms with E-state index in [4.69, 9.17) is 18.9 Å². The molecule has 0 spiro atoms. The van der Waals surface area contributed by atoms with Crippen LogP contribution < -0.4 is 20.1 Å². The smallest absolute Gasteiger partial charge is 0.191 e. The van der Waals surface area contributed by atoms with Gasteiger partial charge in [-0.25, -0.2) is 0 Å². The standard InChI is InChI=1S/C21H33N3O4.HI/c1-22-21(23-8-2-9-26-16-17-6-12-25-13-7-17)24-15-18-4-5-19-20(14-18)28-11-3-10-27-19;/h4-5,14,17H,2-3,6-13,15-16H2,1H3,(H2,22,23,24);1H. The van der Waals surface area contributed by atoms with E-state index in [9.17, 15) is 0 Å². The fraction of sp³-hybridized carbons (Fsp3) is 0.667. The summed E-state index contributed by atoms with van der Waals surface area (Å²) in [5.41, 5.74) is 1.13. The van der Waals surface area contributed by atoms with Crippen molar-refractivity contribution in [2.45, 2.75) is 32.2 Å². The molecular formula is C21H34IN3O4. The Morgan fingerprint density at radius 3 is 2.69 bits per heavy atom. The number of benzene rings is 1. The van der Waals surface area contributed by atoms with Gasteiger partial charge in [0.1, 0.15) is 0 Å². The average Bonchev–Trinajstić information content (AvgIpc) is 2.98. The third kappa shape index (κ3) is 8.55. The molecule has 2 N–H and O–H groups in total. The molecule has 0 atom stereocenters. The molecule has 1 aromatic rings. The minimum Gasteiger partial charge on any atom is -0.490 e. The van der Waals surface area contributed by atoms with Crippen LogP contribution in [0.5, 0.6) is 11.5 Å². The van der Waals surface area contributed by atoms with Crippen LogP contribution in [0.4, 0.5) is 0 Å². The highest BCUT2D eigenvalue weighted by Gasteiger charge is 2.13. The SMILES string of the molecule is CN=C(NCCCOCC1CCOCC1)NCc1ccc2c(c1)OCCCO2.I. The van der Waals surface area contributed by atoms with Gasteiger partial charge in [0.05, 0.1) is 13.2 Å². The van der Waals surface area contributed by atoms with E-state index in [-0.39, 0.29) is 24.0 Å². The summed E-state index contributed by atoms with van der Waals surface area (Å²) in [5.74, 6) is 3.09. The third-order valence-electron chi connectivity index (χ3n) is 4.95. The predicted octanol–water partition coefficient (Wildman–Crippen LogP) is 2.96. The van der Waals surface area contributed by atoms with Crippen molar-refractivity contribution < 1.29 is 18.9 Å². The molecule has 0 aromatic heterocycles. The van der Waals surface area contributed by atoms with Gasteiger partial charge in [0, 0.05) is 53.0 Å². The molecule has 29 heavy (non-hydrogen) atoms. The molecule has 2 heterocycles. The summed E-state index contributed by atoms with van der Waals surface area (Å²) in [7, 11) is 1.78. The highest BCUT2D eigenvalue weighted by atomic mass is 127. The molecule has 0 unspecified atom stereocenters. The van der Waals surface area contributed by atoms with Gasteiger partial charge in [0.25, 0.3) is 0 Å². The van der Waals surface area contributed by atoms with Crippen molar-refractivity contribution >= 4 is 29.9 Å². The Kier molecular flexibility index (Phi) is 11.5. The zero-order valence-electron chi connectivity index (χ0n) is 17.3. The number of nitrogens with zero attached hydrogens (tertiary/aromatic N) is 1. The maximum Gasteiger partial charge on any atom is 0.191 e. The Labute approximate surface area is 190 Å². The van der Waals surface area contributed by atoms with Gasteiger partial charge in [0.15, 0.2) is 17.5 Å². The zero-order chi connectivity index (χ0) is 19.4. The topological polar surface area (TPSA) is 73.3 Å². The van der Waals surface area contributed by atoms with Gasteiger partial charge in [-0.2, -0.15) is 0 Å². The summed E-state index contributed by atoms with van der Waals surface area (Å²) in [6.45, 7) is 6.28. The first-order valence-electron chi connectivity index (χ1n) is 10.3. The maximum absolute atomic E-state index is 5.80. The Morgan fingerprint density at radius 2 is 1.90 bits per heavy atom. The van der Waals surface area contributed by atoms with Gasteiger partial charge < -0.3 is 29.6 Å². The fourth-order valence-corrected chi connectivity index (χ4v) is 3.27. The number of halogens is 1. The molecule has 0 bridgehead atoms. The molecule has 7 nitrogen and oxygen atoms in total. The number of hydrogen-bond acceptors (Lipinski definition) is 5. The maximum atomic E-state index is 5.80. The number of guanidine groups is 1. The molecule has 2 aliphatic heterocycles. The third-order valence-corrected chi connectivity index (χ3v) is 4.95. The summed E-state index contributed by atoms with van der Waals surface area (Å²) in [6.07, 6.45) is 4.11. The number of ether oxygens (including phenoxy) is 4. The molecule has 1 fully saturated rings. The van der Waals surface area contributed by atoms with Crippen LogP contribution in [-0.2, 0) is 16.0 Å². The summed E-state index contributed by atoms with van der Waals surface area (Å²) < 4.78 is 22.6. The summed E-state index contributed by atoms with van der Waals surface area (Å²) in [4.78, 5) is 4.28. The highest BCUT2D eigenvalue weighted by molar-refractivity contribution is 14.0. The van der Waals surface area contributed by atoms with Crippen molar-refractivity contribution in [2.24, 2.45) is 10.9 Å². The van der Waals surface area contributed by atoms with E-state index in [0.29, 0.717) is 25.7 Å². The van der Waals surface area contributed by atoms with Gasteiger partial charge in [-0.3, -0.25) is 4.99 Å².